The number of nitrogens with zero attached hydrogens (tertiary/aromatic N) is 2. The number of hydrogen-bond donors (Lipinski definition) is 2. The molecule has 2 aromatic carbocycles. The number of benzene rings is 2. The zero-order chi connectivity index (χ0) is 17.9. The first-order valence-electron chi connectivity index (χ1n) is 9.08. The highest BCUT2D eigenvalue weighted by atomic mass is 19.1. The van der Waals surface area contributed by atoms with E-state index >= 15 is 0 Å². The van der Waals surface area contributed by atoms with Crippen molar-refractivity contribution >= 4 is 17.4 Å². The van der Waals surface area contributed by atoms with E-state index in [-0.39, 0.29) is 17.9 Å². The first kappa shape index (κ1) is 16.8. The quantitative estimate of drug-likeness (QED) is 0.891. The van der Waals surface area contributed by atoms with Gasteiger partial charge in [-0.25, -0.2) is 9.18 Å². The second-order valence-corrected chi connectivity index (χ2v) is 6.83. The molecule has 26 heavy (non-hydrogen) atoms. The van der Waals surface area contributed by atoms with E-state index in [1.807, 2.05) is 41.3 Å². The Bertz CT molecular complexity index is 774. The largest absolute Gasteiger partial charge is 0.364 e. The third-order valence-electron chi connectivity index (χ3n) is 5.03. The van der Waals surface area contributed by atoms with Gasteiger partial charge in [0.1, 0.15) is 5.82 Å². The molecule has 2 aliphatic heterocycles. The van der Waals surface area contributed by atoms with Gasteiger partial charge in [0.05, 0.1) is 11.4 Å². The Morgan fingerprint density at radius 3 is 2.62 bits per heavy atom. The summed E-state index contributed by atoms with van der Waals surface area (Å²) in [6.45, 7) is 3.85. The van der Waals surface area contributed by atoms with Gasteiger partial charge in [-0.3, -0.25) is 4.90 Å². The molecule has 0 bridgehead atoms. The summed E-state index contributed by atoms with van der Waals surface area (Å²) in [5.74, 6) is -0.225. The van der Waals surface area contributed by atoms with Crippen LogP contribution in [0.4, 0.5) is 20.6 Å². The third kappa shape index (κ3) is 3.51. The molecule has 0 unspecified atom stereocenters. The van der Waals surface area contributed by atoms with Gasteiger partial charge in [0.2, 0.25) is 0 Å². The van der Waals surface area contributed by atoms with Crippen molar-refractivity contribution in [2.45, 2.75) is 19.0 Å². The maximum absolute atomic E-state index is 13.1. The molecule has 6 heteroatoms. The molecule has 1 fully saturated rings. The minimum Gasteiger partial charge on any atom is -0.364 e. The SMILES string of the molecule is O=C(N[C@@H]1CCNC1)N1CCN(Cc2ccc(F)cc2)c2ccccc21. The van der Waals surface area contributed by atoms with Crippen molar-refractivity contribution in [2.75, 3.05) is 36.0 Å². The van der Waals surface area contributed by atoms with Gasteiger partial charge in [-0.05, 0) is 42.8 Å². The van der Waals surface area contributed by atoms with Crippen LogP contribution in [0.1, 0.15) is 12.0 Å². The Kier molecular flexibility index (Phi) is 4.75. The molecule has 0 saturated carbocycles. The van der Waals surface area contributed by atoms with E-state index < -0.39 is 0 Å². The zero-order valence-electron chi connectivity index (χ0n) is 14.6. The van der Waals surface area contributed by atoms with Crippen LogP contribution in [0.5, 0.6) is 0 Å². The molecule has 2 aliphatic rings. The van der Waals surface area contributed by atoms with E-state index in [1.165, 1.54) is 12.1 Å². The minimum atomic E-state index is -0.225. The second kappa shape index (κ2) is 7.33. The molecule has 4 rings (SSSR count). The van der Waals surface area contributed by atoms with Crippen molar-refractivity contribution in [3.63, 3.8) is 0 Å². The molecule has 2 aromatic rings. The smallest absolute Gasteiger partial charge is 0.322 e. The van der Waals surface area contributed by atoms with Crippen LogP contribution in [0.2, 0.25) is 0 Å². The predicted molar refractivity (Wildman–Crippen MR) is 101 cm³/mol. The van der Waals surface area contributed by atoms with E-state index in [2.05, 4.69) is 15.5 Å². The van der Waals surface area contributed by atoms with Crippen molar-refractivity contribution in [2.24, 2.45) is 0 Å². The summed E-state index contributed by atoms with van der Waals surface area (Å²) in [4.78, 5) is 16.8. The third-order valence-corrected chi connectivity index (χ3v) is 5.03. The number of nitrogens with one attached hydrogen (secondary N) is 2. The molecule has 2 amide bonds. The topological polar surface area (TPSA) is 47.6 Å². The lowest BCUT2D eigenvalue weighted by atomic mass is 10.1. The van der Waals surface area contributed by atoms with Crippen LogP contribution in [-0.2, 0) is 6.54 Å². The van der Waals surface area contributed by atoms with Gasteiger partial charge in [0.15, 0.2) is 0 Å². The van der Waals surface area contributed by atoms with Crippen molar-refractivity contribution in [1.29, 1.82) is 0 Å². The number of carbonyl (C=O) groups is 1. The van der Waals surface area contributed by atoms with E-state index in [4.69, 9.17) is 0 Å². The van der Waals surface area contributed by atoms with Gasteiger partial charge < -0.3 is 15.5 Å². The maximum Gasteiger partial charge on any atom is 0.322 e. The lowest BCUT2D eigenvalue weighted by molar-refractivity contribution is 0.243. The molecule has 2 N–H and O–H groups in total. The molecule has 0 aromatic heterocycles. The van der Waals surface area contributed by atoms with E-state index in [0.29, 0.717) is 13.1 Å². The van der Waals surface area contributed by atoms with Crippen molar-refractivity contribution in [1.82, 2.24) is 10.6 Å². The maximum atomic E-state index is 13.1. The van der Waals surface area contributed by atoms with Crippen LogP contribution < -0.4 is 20.4 Å². The number of para-hydroxylation sites is 2. The van der Waals surface area contributed by atoms with Crippen LogP contribution in [0.3, 0.4) is 0 Å². The lowest BCUT2D eigenvalue weighted by Crippen LogP contribution is -2.50. The molecule has 136 valence electrons. The van der Waals surface area contributed by atoms with Crippen LogP contribution in [0.25, 0.3) is 0 Å². The number of fused-ring (bicyclic) bond motifs is 1. The number of anilines is 2. The molecule has 0 radical (unpaired) electrons. The highest BCUT2D eigenvalue weighted by molar-refractivity contribution is 5.97. The summed E-state index contributed by atoms with van der Waals surface area (Å²) in [6.07, 6.45) is 0.970. The van der Waals surface area contributed by atoms with Crippen LogP contribution >= 0.6 is 0 Å². The molecule has 5 nitrogen and oxygen atoms in total. The van der Waals surface area contributed by atoms with Gasteiger partial charge in [0.25, 0.3) is 0 Å². The number of hydrogen-bond acceptors (Lipinski definition) is 3. The number of urea groups is 1. The Balaban J connectivity index is 1.52. The standard InChI is InChI=1S/C20H23FN4O/c21-16-7-5-15(6-8-16)14-24-11-12-25(19-4-2-1-3-18(19)24)20(26)23-17-9-10-22-13-17/h1-8,17,22H,9-14H2,(H,23,26)/t17-/m1/s1. The normalized spacial score (nSPS) is 19.3. The molecule has 1 atom stereocenters. The number of halogens is 1. The minimum absolute atomic E-state index is 0.0346. The summed E-state index contributed by atoms with van der Waals surface area (Å²) in [5.41, 5.74) is 3.00. The number of carbonyl (C=O) groups excluding carboxylic acids is 1. The van der Waals surface area contributed by atoms with E-state index in [0.717, 1.165) is 43.0 Å². The lowest BCUT2D eigenvalue weighted by Gasteiger charge is -2.38. The van der Waals surface area contributed by atoms with Gasteiger partial charge in [-0.2, -0.15) is 0 Å². The fraction of sp³-hybridized carbons (Fsp3) is 0.350. The van der Waals surface area contributed by atoms with Gasteiger partial charge in [0, 0.05) is 32.2 Å². The first-order chi connectivity index (χ1) is 12.7. The van der Waals surface area contributed by atoms with Gasteiger partial charge in [-0.15, -0.1) is 0 Å². The molecule has 1 saturated heterocycles. The van der Waals surface area contributed by atoms with E-state index in [9.17, 15) is 9.18 Å². The number of amides is 2. The molecule has 0 aliphatic carbocycles. The molecular formula is C20H23FN4O. The van der Waals surface area contributed by atoms with Crippen molar-refractivity contribution in [3.8, 4) is 0 Å². The van der Waals surface area contributed by atoms with Crippen LogP contribution in [0, 0.1) is 5.82 Å². The fourth-order valence-electron chi connectivity index (χ4n) is 3.64. The Morgan fingerprint density at radius 2 is 1.88 bits per heavy atom. The Hall–Kier alpha value is -2.60. The van der Waals surface area contributed by atoms with Crippen molar-refractivity contribution in [3.05, 3.63) is 59.9 Å². The summed E-state index contributed by atoms with van der Waals surface area (Å²) < 4.78 is 13.1. The monoisotopic (exact) mass is 354 g/mol. The summed E-state index contributed by atoms with van der Waals surface area (Å²) in [6, 6.07) is 14.7. The fourth-order valence-corrected chi connectivity index (χ4v) is 3.64. The average Bonchev–Trinajstić information content (AvgIpc) is 3.17. The number of rotatable bonds is 3. The van der Waals surface area contributed by atoms with E-state index in [1.54, 1.807) is 0 Å². The second-order valence-electron chi connectivity index (χ2n) is 6.83. The van der Waals surface area contributed by atoms with Gasteiger partial charge in [-0.1, -0.05) is 24.3 Å². The van der Waals surface area contributed by atoms with Crippen molar-refractivity contribution < 1.29 is 9.18 Å². The van der Waals surface area contributed by atoms with Crippen LogP contribution in [0.15, 0.2) is 48.5 Å². The summed E-state index contributed by atoms with van der Waals surface area (Å²) in [7, 11) is 0. The Labute approximate surface area is 152 Å². The summed E-state index contributed by atoms with van der Waals surface area (Å²) in [5, 5.41) is 6.39. The zero-order valence-corrected chi connectivity index (χ0v) is 14.6. The predicted octanol–water partition coefficient (Wildman–Crippen LogP) is 2.72. The highest BCUT2D eigenvalue weighted by Gasteiger charge is 2.28. The molecular weight excluding hydrogens is 331 g/mol. The highest BCUT2D eigenvalue weighted by Crippen LogP contribution is 2.33. The van der Waals surface area contributed by atoms with Crippen LogP contribution in [-0.4, -0.2) is 38.3 Å². The molecule has 2 heterocycles. The Morgan fingerprint density at radius 1 is 1.12 bits per heavy atom. The van der Waals surface area contributed by atoms with Gasteiger partial charge >= 0.3 is 6.03 Å². The average molecular weight is 354 g/mol. The molecule has 0 spiro atoms. The summed E-state index contributed by atoms with van der Waals surface area (Å²) >= 11 is 0. The first-order valence-corrected chi connectivity index (χ1v) is 9.08.